The molecule has 2 amide bonds. The highest BCUT2D eigenvalue weighted by Gasteiger charge is 2.25. The van der Waals surface area contributed by atoms with Crippen molar-refractivity contribution in [1.82, 2.24) is 15.4 Å². The van der Waals surface area contributed by atoms with E-state index in [-0.39, 0.29) is 40.1 Å². The Labute approximate surface area is 184 Å². The zero-order chi connectivity index (χ0) is 22.0. The second-order valence-corrected chi connectivity index (χ2v) is 7.85. The summed E-state index contributed by atoms with van der Waals surface area (Å²) >= 11 is 6.13. The highest BCUT2D eigenvalue weighted by molar-refractivity contribution is 6.33. The third-order valence-electron chi connectivity index (χ3n) is 5.34. The third-order valence-corrected chi connectivity index (χ3v) is 5.65. The largest absolute Gasteiger partial charge is 0.360 e. The molecule has 1 fully saturated rings. The molecule has 0 atom stereocenters. The van der Waals surface area contributed by atoms with Gasteiger partial charge >= 0.3 is 0 Å². The number of nitrogens with one attached hydrogen (secondary N) is 1. The van der Waals surface area contributed by atoms with E-state index in [9.17, 15) is 14.0 Å². The Morgan fingerprint density at radius 1 is 1.16 bits per heavy atom. The van der Waals surface area contributed by atoms with Crippen LogP contribution in [0.5, 0.6) is 0 Å². The number of amides is 2. The number of rotatable bonds is 5. The number of carbonyl (C=O) groups excluding carboxylic acids is 2. The molecule has 0 spiro atoms. The molecule has 2 aromatic carbocycles. The molecule has 1 N–H and O–H groups in total. The fourth-order valence-corrected chi connectivity index (χ4v) is 3.93. The first-order valence-corrected chi connectivity index (χ1v) is 10.4. The lowest BCUT2D eigenvalue weighted by atomic mass is 10.0. The predicted octanol–water partition coefficient (Wildman–Crippen LogP) is 4.61. The maximum Gasteiger partial charge on any atom is 0.257 e. The van der Waals surface area contributed by atoms with E-state index in [4.69, 9.17) is 16.1 Å². The van der Waals surface area contributed by atoms with Crippen molar-refractivity contribution in [2.75, 3.05) is 13.1 Å². The highest BCUT2D eigenvalue weighted by Crippen LogP contribution is 2.33. The second kappa shape index (κ2) is 8.89. The molecule has 1 saturated heterocycles. The summed E-state index contributed by atoms with van der Waals surface area (Å²) in [6.45, 7) is 3.40. The summed E-state index contributed by atoms with van der Waals surface area (Å²) in [5.41, 5.74) is 1.67. The van der Waals surface area contributed by atoms with Crippen LogP contribution < -0.4 is 5.32 Å². The average molecular weight is 442 g/mol. The summed E-state index contributed by atoms with van der Waals surface area (Å²) in [7, 11) is 0. The van der Waals surface area contributed by atoms with Gasteiger partial charge in [-0.2, -0.15) is 0 Å². The molecule has 0 aliphatic carbocycles. The number of aromatic nitrogens is 1. The van der Waals surface area contributed by atoms with Gasteiger partial charge in [-0.25, -0.2) is 4.39 Å². The van der Waals surface area contributed by atoms with Crippen molar-refractivity contribution < 1.29 is 18.5 Å². The lowest BCUT2D eigenvalue weighted by molar-refractivity contribution is 0.0792. The third kappa shape index (κ3) is 4.32. The first-order chi connectivity index (χ1) is 15.0. The van der Waals surface area contributed by atoms with Crippen LogP contribution in [0.25, 0.3) is 11.3 Å². The normalized spacial score (nSPS) is 13.5. The van der Waals surface area contributed by atoms with Crippen molar-refractivity contribution in [3.8, 4) is 11.3 Å². The van der Waals surface area contributed by atoms with E-state index in [0.29, 0.717) is 5.56 Å². The van der Waals surface area contributed by atoms with Crippen LogP contribution in [0.3, 0.4) is 0 Å². The van der Waals surface area contributed by atoms with E-state index in [1.54, 1.807) is 31.2 Å². The Kier molecular flexibility index (Phi) is 6.04. The van der Waals surface area contributed by atoms with E-state index < -0.39 is 11.7 Å². The molecule has 4 rings (SSSR count). The first kappa shape index (κ1) is 21.1. The zero-order valence-corrected chi connectivity index (χ0v) is 17.7. The molecule has 0 unspecified atom stereocenters. The molecular formula is C23H21ClFN3O3. The van der Waals surface area contributed by atoms with Gasteiger partial charge in [0.2, 0.25) is 0 Å². The highest BCUT2D eigenvalue weighted by atomic mass is 35.5. The molecule has 1 aliphatic heterocycles. The predicted molar refractivity (Wildman–Crippen MR) is 114 cm³/mol. The van der Waals surface area contributed by atoms with Crippen molar-refractivity contribution >= 4 is 23.4 Å². The fraction of sp³-hybridized carbons (Fsp3) is 0.261. The van der Waals surface area contributed by atoms with Gasteiger partial charge in [-0.05, 0) is 49.6 Å². The van der Waals surface area contributed by atoms with Gasteiger partial charge in [0, 0.05) is 25.2 Å². The zero-order valence-electron chi connectivity index (χ0n) is 17.0. The van der Waals surface area contributed by atoms with Crippen LogP contribution in [0.2, 0.25) is 5.02 Å². The molecule has 1 aliphatic rings. The van der Waals surface area contributed by atoms with Crippen LogP contribution in [0.4, 0.5) is 4.39 Å². The van der Waals surface area contributed by atoms with Gasteiger partial charge in [0.1, 0.15) is 22.8 Å². The lowest BCUT2D eigenvalue weighted by Gasteiger charge is -2.15. The minimum absolute atomic E-state index is 0.0240. The van der Waals surface area contributed by atoms with E-state index >= 15 is 0 Å². The lowest BCUT2D eigenvalue weighted by Crippen LogP contribution is -2.27. The molecule has 160 valence electrons. The van der Waals surface area contributed by atoms with E-state index in [1.807, 2.05) is 4.90 Å². The van der Waals surface area contributed by atoms with Crippen LogP contribution in [0.15, 0.2) is 47.0 Å². The maximum absolute atomic E-state index is 14.3. The van der Waals surface area contributed by atoms with Crippen molar-refractivity contribution in [3.05, 3.63) is 75.8 Å². The van der Waals surface area contributed by atoms with Gasteiger partial charge in [-0.15, -0.1) is 0 Å². The molecule has 8 heteroatoms. The Bertz CT molecular complexity index is 1100. The second-order valence-electron chi connectivity index (χ2n) is 7.44. The first-order valence-electron chi connectivity index (χ1n) is 10.0. The summed E-state index contributed by atoms with van der Waals surface area (Å²) in [6, 6.07) is 11.4. The molecule has 1 aromatic heterocycles. The maximum atomic E-state index is 14.3. The fourth-order valence-electron chi connectivity index (χ4n) is 3.67. The Hall–Kier alpha value is -3.19. The smallest absolute Gasteiger partial charge is 0.257 e. The van der Waals surface area contributed by atoms with Crippen LogP contribution >= 0.6 is 11.6 Å². The molecule has 6 nitrogen and oxygen atoms in total. The number of hydrogen-bond acceptors (Lipinski definition) is 4. The Morgan fingerprint density at radius 2 is 1.87 bits per heavy atom. The van der Waals surface area contributed by atoms with E-state index in [2.05, 4.69) is 10.5 Å². The summed E-state index contributed by atoms with van der Waals surface area (Å²) in [5.74, 6) is -0.753. The standard InChI is InChI=1S/C23H21ClFN3O3/c1-14-19(21(27-31-14)20-17(24)5-4-6-18(20)25)22(29)26-13-15-7-9-16(10-8-15)23(30)28-11-2-3-12-28/h4-10H,2-3,11-13H2,1H3,(H,26,29). The number of benzene rings is 2. The minimum Gasteiger partial charge on any atom is -0.360 e. The number of carbonyl (C=O) groups is 2. The number of aryl methyl sites for hydroxylation is 1. The average Bonchev–Trinajstić information content (AvgIpc) is 3.42. The van der Waals surface area contributed by atoms with Crippen molar-refractivity contribution in [2.24, 2.45) is 0 Å². The molecule has 31 heavy (non-hydrogen) atoms. The van der Waals surface area contributed by atoms with Crippen molar-refractivity contribution in [1.29, 1.82) is 0 Å². The topological polar surface area (TPSA) is 75.4 Å². The van der Waals surface area contributed by atoms with Crippen LogP contribution in [0.1, 0.15) is 44.9 Å². The molecule has 3 aromatic rings. The van der Waals surface area contributed by atoms with Gasteiger partial charge < -0.3 is 14.7 Å². The SMILES string of the molecule is Cc1onc(-c2c(F)cccc2Cl)c1C(=O)NCc1ccc(C(=O)N2CCCC2)cc1. The summed E-state index contributed by atoms with van der Waals surface area (Å²) < 4.78 is 19.5. The van der Waals surface area contributed by atoms with Gasteiger partial charge in [0.25, 0.3) is 11.8 Å². The number of likely N-dealkylation sites (tertiary alicyclic amines) is 1. The Balaban J connectivity index is 1.47. The number of hydrogen-bond donors (Lipinski definition) is 1. The summed E-state index contributed by atoms with van der Waals surface area (Å²) in [5, 5.41) is 6.78. The van der Waals surface area contributed by atoms with Crippen molar-refractivity contribution in [3.63, 3.8) is 0 Å². The monoisotopic (exact) mass is 441 g/mol. The van der Waals surface area contributed by atoms with Crippen LogP contribution in [-0.4, -0.2) is 35.0 Å². The quantitative estimate of drug-likeness (QED) is 0.627. The van der Waals surface area contributed by atoms with Gasteiger partial charge in [0.05, 0.1) is 10.6 Å². The van der Waals surface area contributed by atoms with E-state index in [1.165, 1.54) is 18.2 Å². The molecule has 0 saturated carbocycles. The molecule has 0 radical (unpaired) electrons. The number of nitrogens with zero attached hydrogens (tertiary/aromatic N) is 2. The number of halogens is 2. The van der Waals surface area contributed by atoms with Gasteiger partial charge in [-0.3, -0.25) is 9.59 Å². The summed E-state index contributed by atoms with van der Waals surface area (Å²) in [4.78, 5) is 27.1. The van der Waals surface area contributed by atoms with E-state index in [0.717, 1.165) is 31.5 Å². The molecular weight excluding hydrogens is 421 g/mol. The van der Waals surface area contributed by atoms with Crippen LogP contribution in [0, 0.1) is 12.7 Å². The molecule has 2 heterocycles. The Morgan fingerprint density at radius 3 is 2.55 bits per heavy atom. The van der Waals surface area contributed by atoms with Gasteiger partial charge in [0.15, 0.2) is 0 Å². The molecule has 0 bridgehead atoms. The summed E-state index contributed by atoms with van der Waals surface area (Å²) in [6.07, 6.45) is 2.08. The van der Waals surface area contributed by atoms with Gasteiger partial charge in [-0.1, -0.05) is 35.0 Å². The minimum atomic E-state index is -0.590. The van der Waals surface area contributed by atoms with Crippen LogP contribution in [-0.2, 0) is 6.54 Å². The van der Waals surface area contributed by atoms with Crippen molar-refractivity contribution in [2.45, 2.75) is 26.3 Å².